The van der Waals surface area contributed by atoms with Gasteiger partial charge in [0.2, 0.25) is 0 Å². The number of rotatable bonds is 3. The van der Waals surface area contributed by atoms with E-state index in [1.54, 1.807) is 0 Å². The second kappa shape index (κ2) is 4.07. The van der Waals surface area contributed by atoms with E-state index in [0.717, 1.165) is 35.3 Å². The molecule has 0 bridgehead atoms. The van der Waals surface area contributed by atoms with Gasteiger partial charge >= 0.3 is 0 Å². The third kappa shape index (κ3) is 1.64. The molecule has 1 unspecified atom stereocenters. The summed E-state index contributed by atoms with van der Waals surface area (Å²) in [6, 6.07) is 6.00. The van der Waals surface area contributed by atoms with E-state index in [-0.39, 0.29) is 18.1 Å². The molecule has 0 saturated heterocycles. The van der Waals surface area contributed by atoms with E-state index in [4.69, 9.17) is 5.73 Å². The number of hydrogen-bond acceptors (Lipinski definition) is 3. The van der Waals surface area contributed by atoms with E-state index in [2.05, 4.69) is 16.0 Å². The van der Waals surface area contributed by atoms with Gasteiger partial charge in [-0.1, -0.05) is 12.5 Å². The molecule has 0 amide bonds. The summed E-state index contributed by atoms with van der Waals surface area (Å²) in [5.41, 5.74) is 9.31. The first-order valence-corrected chi connectivity index (χ1v) is 6.47. The van der Waals surface area contributed by atoms with E-state index in [9.17, 15) is 5.11 Å². The molecule has 1 aromatic carbocycles. The Bertz CT molecular complexity index is 566. The minimum atomic E-state index is -0.108. The average Bonchev–Trinajstić information content (AvgIpc) is 2.67. The first-order chi connectivity index (χ1) is 8.64. The summed E-state index contributed by atoms with van der Waals surface area (Å²) in [5.74, 6) is 0.913. The van der Waals surface area contributed by atoms with Crippen LogP contribution in [0.2, 0.25) is 0 Å². The molecule has 18 heavy (non-hydrogen) atoms. The zero-order chi connectivity index (χ0) is 12.8. The fraction of sp³-hybridized carbons (Fsp3) is 0.500. The number of fused-ring (bicyclic) bond motifs is 1. The number of imidazole rings is 1. The molecule has 4 N–H and O–H groups in total. The number of benzene rings is 1. The number of aromatic amines is 1. The zero-order valence-corrected chi connectivity index (χ0v) is 10.6. The van der Waals surface area contributed by atoms with E-state index in [1.807, 2.05) is 19.1 Å². The Labute approximate surface area is 106 Å². The van der Waals surface area contributed by atoms with Gasteiger partial charge in [-0.2, -0.15) is 0 Å². The van der Waals surface area contributed by atoms with Crippen LogP contribution in [0.25, 0.3) is 11.0 Å². The molecular weight excluding hydrogens is 226 g/mol. The number of aryl methyl sites for hydroxylation is 1. The highest BCUT2D eigenvalue weighted by Crippen LogP contribution is 2.48. The van der Waals surface area contributed by atoms with E-state index in [1.165, 1.54) is 6.42 Å². The zero-order valence-electron chi connectivity index (χ0n) is 10.6. The lowest BCUT2D eigenvalue weighted by Crippen LogP contribution is -2.43. The smallest absolute Gasteiger partial charge is 0.104 e. The van der Waals surface area contributed by atoms with Crippen LogP contribution < -0.4 is 5.73 Å². The van der Waals surface area contributed by atoms with Crippen molar-refractivity contribution in [2.45, 2.75) is 32.2 Å². The van der Waals surface area contributed by atoms with Gasteiger partial charge in [0, 0.05) is 11.5 Å². The van der Waals surface area contributed by atoms with Gasteiger partial charge in [0.25, 0.3) is 0 Å². The molecule has 4 heteroatoms. The van der Waals surface area contributed by atoms with Crippen LogP contribution in [0.4, 0.5) is 0 Å². The number of aliphatic hydroxyl groups is 1. The van der Waals surface area contributed by atoms with Crippen molar-refractivity contribution in [1.29, 1.82) is 0 Å². The Morgan fingerprint density at radius 3 is 2.89 bits per heavy atom. The van der Waals surface area contributed by atoms with Gasteiger partial charge in [0.05, 0.1) is 17.6 Å². The highest BCUT2D eigenvalue weighted by Gasteiger charge is 2.42. The van der Waals surface area contributed by atoms with Gasteiger partial charge in [-0.15, -0.1) is 0 Å². The lowest BCUT2D eigenvalue weighted by Gasteiger charge is -2.45. The number of nitrogens with two attached hydrogens (primary N) is 1. The maximum atomic E-state index is 9.59. The summed E-state index contributed by atoms with van der Waals surface area (Å²) in [7, 11) is 0. The van der Waals surface area contributed by atoms with Gasteiger partial charge in [-0.05, 0) is 37.5 Å². The minimum Gasteiger partial charge on any atom is -0.396 e. The van der Waals surface area contributed by atoms with Crippen LogP contribution in [0.1, 0.15) is 36.7 Å². The maximum Gasteiger partial charge on any atom is 0.104 e. The molecule has 1 saturated carbocycles. The predicted molar refractivity (Wildman–Crippen MR) is 71.1 cm³/mol. The second-order valence-electron chi connectivity index (χ2n) is 5.45. The van der Waals surface area contributed by atoms with Gasteiger partial charge in [0.15, 0.2) is 0 Å². The van der Waals surface area contributed by atoms with Gasteiger partial charge in [-0.3, -0.25) is 0 Å². The van der Waals surface area contributed by atoms with Crippen LogP contribution >= 0.6 is 0 Å². The summed E-state index contributed by atoms with van der Waals surface area (Å²) in [5, 5.41) is 9.59. The molecule has 1 aromatic heterocycles. The topological polar surface area (TPSA) is 74.9 Å². The Morgan fingerprint density at radius 2 is 2.28 bits per heavy atom. The van der Waals surface area contributed by atoms with Crippen LogP contribution in [-0.2, 0) is 0 Å². The minimum absolute atomic E-state index is 0.0933. The van der Waals surface area contributed by atoms with E-state index < -0.39 is 0 Å². The Balaban J connectivity index is 1.98. The molecule has 96 valence electrons. The molecule has 1 heterocycles. The molecule has 0 radical (unpaired) electrons. The monoisotopic (exact) mass is 245 g/mol. The molecule has 1 aliphatic carbocycles. The largest absolute Gasteiger partial charge is 0.396 e. The van der Waals surface area contributed by atoms with Crippen molar-refractivity contribution < 1.29 is 5.11 Å². The Kier molecular flexibility index (Phi) is 2.64. The summed E-state index contributed by atoms with van der Waals surface area (Å²) < 4.78 is 0. The summed E-state index contributed by atoms with van der Waals surface area (Å²) in [4.78, 5) is 7.61. The first kappa shape index (κ1) is 11.7. The Hall–Kier alpha value is -1.39. The van der Waals surface area contributed by atoms with Crippen molar-refractivity contribution >= 4 is 11.0 Å². The molecule has 2 aromatic rings. The molecule has 3 rings (SSSR count). The lowest BCUT2D eigenvalue weighted by molar-refractivity contribution is 0.0184. The summed E-state index contributed by atoms with van der Waals surface area (Å²) in [6.07, 6.45) is 3.20. The van der Waals surface area contributed by atoms with Gasteiger partial charge in [0.1, 0.15) is 5.82 Å². The van der Waals surface area contributed by atoms with Crippen LogP contribution in [0.15, 0.2) is 18.2 Å². The van der Waals surface area contributed by atoms with Crippen LogP contribution in [0.5, 0.6) is 0 Å². The maximum absolute atomic E-state index is 9.59. The number of nitrogens with one attached hydrogen (secondary N) is 1. The van der Waals surface area contributed by atoms with E-state index in [0.29, 0.717) is 0 Å². The van der Waals surface area contributed by atoms with Crippen LogP contribution in [0.3, 0.4) is 0 Å². The molecule has 1 atom stereocenters. The molecule has 4 nitrogen and oxygen atoms in total. The quantitative estimate of drug-likeness (QED) is 0.774. The molecule has 1 fully saturated rings. The Morgan fingerprint density at radius 1 is 1.50 bits per heavy atom. The molecule has 0 spiro atoms. The number of nitrogens with zero attached hydrogens (tertiary/aromatic N) is 1. The van der Waals surface area contributed by atoms with Crippen molar-refractivity contribution in [1.82, 2.24) is 9.97 Å². The molecule has 1 aliphatic rings. The first-order valence-electron chi connectivity index (χ1n) is 6.47. The third-order valence-electron chi connectivity index (χ3n) is 4.31. The average molecular weight is 245 g/mol. The standard InChI is InChI=1S/C14H19N3O/c1-9-16-11-4-3-10(7-12(11)17-9)13(15)14(8-18)5-2-6-14/h3-4,7,13,18H,2,5-6,8,15H2,1H3,(H,16,17). The lowest BCUT2D eigenvalue weighted by atomic mass is 9.63. The number of hydrogen-bond donors (Lipinski definition) is 3. The highest BCUT2D eigenvalue weighted by molar-refractivity contribution is 5.76. The van der Waals surface area contributed by atoms with Gasteiger partial charge in [-0.25, -0.2) is 4.98 Å². The van der Waals surface area contributed by atoms with Crippen molar-refractivity contribution in [2.24, 2.45) is 11.1 Å². The number of H-pyrrole nitrogens is 1. The SMILES string of the molecule is Cc1nc2ccc(C(N)C3(CO)CCC3)cc2[nH]1. The fourth-order valence-electron chi connectivity index (χ4n) is 2.90. The van der Waals surface area contributed by atoms with Crippen molar-refractivity contribution in [3.63, 3.8) is 0 Å². The van der Waals surface area contributed by atoms with Crippen LogP contribution in [-0.4, -0.2) is 21.7 Å². The van der Waals surface area contributed by atoms with E-state index >= 15 is 0 Å². The van der Waals surface area contributed by atoms with Crippen molar-refractivity contribution in [3.8, 4) is 0 Å². The normalized spacial score (nSPS) is 19.7. The molecular formula is C14H19N3O. The third-order valence-corrected chi connectivity index (χ3v) is 4.31. The number of aliphatic hydroxyl groups excluding tert-OH is 1. The summed E-state index contributed by atoms with van der Waals surface area (Å²) in [6.45, 7) is 2.12. The molecule has 0 aliphatic heterocycles. The van der Waals surface area contributed by atoms with Crippen molar-refractivity contribution in [2.75, 3.05) is 6.61 Å². The highest BCUT2D eigenvalue weighted by atomic mass is 16.3. The fourth-order valence-corrected chi connectivity index (χ4v) is 2.90. The second-order valence-corrected chi connectivity index (χ2v) is 5.45. The van der Waals surface area contributed by atoms with Gasteiger partial charge < -0.3 is 15.8 Å². The van der Waals surface area contributed by atoms with Crippen LogP contribution in [0, 0.1) is 12.3 Å². The predicted octanol–water partition coefficient (Wildman–Crippen LogP) is 2.03. The number of aromatic nitrogens is 2. The van der Waals surface area contributed by atoms with Crippen molar-refractivity contribution in [3.05, 3.63) is 29.6 Å². The summed E-state index contributed by atoms with van der Waals surface area (Å²) >= 11 is 0.